The molecular weight excluding hydrogens is 504 g/mol. The van der Waals surface area contributed by atoms with Crippen LogP contribution in [-0.4, -0.2) is 38.8 Å². The molecule has 1 atom stereocenters. The molecule has 0 radical (unpaired) electrons. The number of carbonyl (C=O) groups is 1. The van der Waals surface area contributed by atoms with E-state index >= 15 is 0 Å². The fourth-order valence-electron chi connectivity index (χ4n) is 3.90. The highest BCUT2D eigenvalue weighted by molar-refractivity contribution is 7.92. The summed E-state index contributed by atoms with van der Waals surface area (Å²) in [6, 6.07) is 17.8. The Hall–Kier alpha value is -3.92. The van der Waals surface area contributed by atoms with Gasteiger partial charge in [-0.3, -0.25) is 9.10 Å². The highest BCUT2D eigenvalue weighted by Gasteiger charge is 2.35. The second kappa shape index (κ2) is 11.0. The summed E-state index contributed by atoms with van der Waals surface area (Å²) in [5.74, 6) is -1.04. The molecule has 3 aromatic carbocycles. The number of hydrogen-bond acceptors (Lipinski definition) is 5. The number of carboxylic acid groups (broad SMARTS) is 1. The maximum Gasteiger partial charge on any atom is 0.387 e. The molecule has 4 rings (SSSR count). The molecular formula is C27H25F2NO6S. The molecule has 7 nitrogen and oxygen atoms in total. The number of hydrogen-bond donors (Lipinski definition) is 1. The summed E-state index contributed by atoms with van der Waals surface area (Å²) in [4.78, 5) is 10.9. The van der Waals surface area contributed by atoms with E-state index in [4.69, 9.17) is 9.84 Å². The first-order chi connectivity index (χ1) is 17.6. The Morgan fingerprint density at radius 3 is 2.51 bits per heavy atom. The van der Waals surface area contributed by atoms with Crippen LogP contribution in [0.4, 0.5) is 14.5 Å². The lowest BCUT2D eigenvalue weighted by Gasteiger charge is -2.35. The molecule has 1 N–H and O–H groups in total. The van der Waals surface area contributed by atoms with Gasteiger partial charge in [-0.05, 0) is 48.7 Å². The van der Waals surface area contributed by atoms with Crippen LogP contribution in [0.1, 0.15) is 29.5 Å². The molecule has 1 aliphatic rings. The number of anilines is 1. The number of benzene rings is 3. The molecule has 1 aliphatic heterocycles. The van der Waals surface area contributed by atoms with Crippen molar-refractivity contribution in [3.63, 3.8) is 0 Å². The van der Waals surface area contributed by atoms with Gasteiger partial charge < -0.3 is 14.6 Å². The van der Waals surface area contributed by atoms with Crippen LogP contribution < -0.4 is 13.8 Å². The number of aryl methyl sites for hydroxylation is 1. The standard InChI is InChI=1S/C27H25F2NO6S/c1-18-5-7-19(8-6-18)9-10-20-11-13-25-24(15-20)30(17-22(35-25)12-14-26(31)32)37(33,34)23-4-2-3-21(16-23)36-27(28)29/h2-11,13,15-16,22,27H,12,14,17H2,1H3,(H,31,32)/b10-9+/t22-/m0/s1. The van der Waals surface area contributed by atoms with Gasteiger partial charge >= 0.3 is 12.6 Å². The first kappa shape index (κ1) is 26.2. The van der Waals surface area contributed by atoms with Crippen molar-refractivity contribution in [2.45, 2.75) is 37.4 Å². The normalized spacial score (nSPS) is 15.5. The number of sulfonamides is 1. The van der Waals surface area contributed by atoms with Crippen molar-refractivity contribution in [1.82, 2.24) is 0 Å². The van der Waals surface area contributed by atoms with Crippen molar-refractivity contribution in [2.75, 3.05) is 10.8 Å². The quantitative estimate of drug-likeness (QED) is 0.364. The van der Waals surface area contributed by atoms with Crippen LogP contribution >= 0.6 is 0 Å². The Bertz CT molecular complexity index is 1410. The summed E-state index contributed by atoms with van der Waals surface area (Å²) in [7, 11) is -4.24. The first-order valence-corrected chi connectivity index (χ1v) is 12.9. The minimum atomic E-state index is -4.24. The molecule has 1 heterocycles. The maximum absolute atomic E-state index is 13.7. The third-order valence-corrected chi connectivity index (χ3v) is 7.53. The van der Waals surface area contributed by atoms with Crippen molar-refractivity contribution >= 4 is 33.8 Å². The minimum absolute atomic E-state index is 0.0877. The van der Waals surface area contributed by atoms with Crippen molar-refractivity contribution in [3.8, 4) is 11.5 Å². The Kier molecular flexibility index (Phi) is 7.77. The summed E-state index contributed by atoms with van der Waals surface area (Å²) >= 11 is 0. The molecule has 0 saturated heterocycles. The van der Waals surface area contributed by atoms with E-state index in [0.717, 1.165) is 21.5 Å². The number of aliphatic carboxylic acids is 1. The van der Waals surface area contributed by atoms with Gasteiger partial charge in [-0.2, -0.15) is 8.78 Å². The topological polar surface area (TPSA) is 93.1 Å². The Balaban J connectivity index is 1.71. The van der Waals surface area contributed by atoms with Gasteiger partial charge in [-0.25, -0.2) is 8.42 Å². The molecule has 0 bridgehead atoms. The summed E-state index contributed by atoms with van der Waals surface area (Å²) in [5.41, 5.74) is 3.07. The number of fused-ring (bicyclic) bond motifs is 1. The Morgan fingerprint density at radius 1 is 1.11 bits per heavy atom. The number of alkyl halides is 2. The van der Waals surface area contributed by atoms with Crippen LogP contribution in [-0.2, 0) is 14.8 Å². The SMILES string of the molecule is Cc1ccc(/C=C/c2ccc3c(c2)N(S(=O)(=O)c2cccc(OC(F)F)c2)C[C@H](CCC(=O)O)O3)cc1. The van der Waals surface area contributed by atoms with Gasteiger partial charge in [0, 0.05) is 12.5 Å². The lowest BCUT2D eigenvalue weighted by Crippen LogP contribution is -2.43. The molecule has 10 heteroatoms. The van der Waals surface area contributed by atoms with Gasteiger partial charge in [0.25, 0.3) is 10.0 Å². The molecule has 37 heavy (non-hydrogen) atoms. The van der Waals surface area contributed by atoms with Crippen LogP contribution in [0.15, 0.2) is 71.6 Å². The first-order valence-electron chi connectivity index (χ1n) is 11.5. The number of carboxylic acids is 1. The summed E-state index contributed by atoms with van der Waals surface area (Å²) < 4.78 is 64.2. The van der Waals surface area contributed by atoms with E-state index in [-0.39, 0.29) is 41.5 Å². The fraction of sp³-hybridized carbons (Fsp3) is 0.222. The monoisotopic (exact) mass is 529 g/mol. The number of halogens is 2. The van der Waals surface area contributed by atoms with E-state index in [0.29, 0.717) is 5.56 Å². The van der Waals surface area contributed by atoms with Crippen molar-refractivity contribution in [2.24, 2.45) is 0 Å². The van der Waals surface area contributed by atoms with Crippen molar-refractivity contribution in [1.29, 1.82) is 0 Å². The Labute approximate surface area is 213 Å². The predicted molar refractivity (Wildman–Crippen MR) is 135 cm³/mol. The van der Waals surface area contributed by atoms with Crippen LogP contribution in [0.2, 0.25) is 0 Å². The van der Waals surface area contributed by atoms with E-state index < -0.39 is 28.7 Å². The molecule has 3 aromatic rings. The van der Waals surface area contributed by atoms with Crippen molar-refractivity contribution in [3.05, 3.63) is 83.4 Å². The molecule has 0 aromatic heterocycles. The van der Waals surface area contributed by atoms with Crippen molar-refractivity contribution < 1.29 is 36.6 Å². The summed E-state index contributed by atoms with van der Waals surface area (Å²) in [5, 5.41) is 9.08. The number of rotatable bonds is 9. The van der Waals surface area contributed by atoms with Gasteiger partial charge in [-0.1, -0.05) is 54.1 Å². The van der Waals surface area contributed by atoms with Gasteiger partial charge in [-0.15, -0.1) is 0 Å². The zero-order chi connectivity index (χ0) is 26.6. The van der Waals surface area contributed by atoms with Crippen LogP contribution in [0.3, 0.4) is 0 Å². The zero-order valence-corrected chi connectivity index (χ0v) is 20.7. The van der Waals surface area contributed by atoms with E-state index in [1.807, 2.05) is 43.3 Å². The van der Waals surface area contributed by atoms with E-state index in [1.54, 1.807) is 18.2 Å². The molecule has 194 valence electrons. The number of ether oxygens (including phenoxy) is 2. The van der Waals surface area contributed by atoms with Gasteiger partial charge in [0.15, 0.2) is 0 Å². The highest BCUT2D eigenvalue weighted by Crippen LogP contribution is 2.39. The van der Waals surface area contributed by atoms with E-state index in [9.17, 15) is 22.0 Å². The fourth-order valence-corrected chi connectivity index (χ4v) is 5.44. The third kappa shape index (κ3) is 6.45. The van der Waals surface area contributed by atoms with Gasteiger partial charge in [0.1, 0.15) is 17.6 Å². The maximum atomic E-state index is 13.7. The molecule has 0 saturated carbocycles. The summed E-state index contributed by atoms with van der Waals surface area (Å²) in [6.07, 6.45) is 2.90. The van der Waals surface area contributed by atoms with E-state index in [2.05, 4.69) is 4.74 Å². The Morgan fingerprint density at radius 2 is 1.81 bits per heavy atom. The molecule has 0 aliphatic carbocycles. The number of nitrogens with zero attached hydrogens (tertiary/aromatic N) is 1. The molecule has 0 unspecified atom stereocenters. The smallest absolute Gasteiger partial charge is 0.387 e. The van der Waals surface area contributed by atoms with Gasteiger partial charge in [0.05, 0.1) is 17.1 Å². The average molecular weight is 530 g/mol. The van der Waals surface area contributed by atoms with Crippen LogP contribution in [0, 0.1) is 6.92 Å². The lowest BCUT2D eigenvalue weighted by atomic mass is 10.1. The largest absolute Gasteiger partial charge is 0.486 e. The van der Waals surface area contributed by atoms with Crippen LogP contribution in [0.25, 0.3) is 12.2 Å². The molecule has 0 spiro atoms. The minimum Gasteiger partial charge on any atom is -0.486 e. The van der Waals surface area contributed by atoms with Crippen LogP contribution in [0.5, 0.6) is 11.5 Å². The van der Waals surface area contributed by atoms with Gasteiger partial charge in [0.2, 0.25) is 0 Å². The predicted octanol–water partition coefficient (Wildman–Crippen LogP) is 5.59. The molecule has 0 fully saturated rings. The third-order valence-electron chi connectivity index (χ3n) is 5.76. The second-order valence-electron chi connectivity index (χ2n) is 8.53. The second-order valence-corrected chi connectivity index (χ2v) is 10.4. The van der Waals surface area contributed by atoms with E-state index in [1.165, 1.54) is 18.2 Å². The highest BCUT2D eigenvalue weighted by atomic mass is 32.2. The lowest BCUT2D eigenvalue weighted by molar-refractivity contribution is -0.137. The molecule has 0 amide bonds. The average Bonchev–Trinajstić information content (AvgIpc) is 2.86. The zero-order valence-electron chi connectivity index (χ0n) is 19.9. The summed E-state index contributed by atoms with van der Waals surface area (Å²) in [6.45, 7) is -1.26.